The highest BCUT2D eigenvalue weighted by Crippen LogP contribution is 2.14. The zero-order valence-electron chi connectivity index (χ0n) is 14.5. The topological polar surface area (TPSA) is 65.9 Å². The highest BCUT2D eigenvalue weighted by molar-refractivity contribution is 9.10. The minimum Gasteiger partial charge on any atom is -0.492 e. The second kappa shape index (κ2) is 9.00. The molecular weight excluding hydrogens is 398 g/mol. The van der Waals surface area contributed by atoms with Crippen molar-refractivity contribution in [3.05, 3.63) is 58.3 Å². The van der Waals surface area contributed by atoms with Crippen molar-refractivity contribution >= 4 is 22.0 Å². The summed E-state index contributed by atoms with van der Waals surface area (Å²) in [4.78, 5) is 18.8. The Labute approximate surface area is 161 Å². The summed E-state index contributed by atoms with van der Waals surface area (Å²) in [5.74, 6) is 0.769. The van der Waals surface area contributed by atoms with Gasteiger partial charge in [-0.3, -0.25) is 4.90 Å². The molecule has 1 amide bonds. The van der Waals surface area contributed by atoms with E-state index in [0.717, 1.165) is 36.4 Å². The number of hydrogen-bond donors (Lipinski definition) is 1. The number of carbonyl (C=O) groups is 1. The SMILES string of the molecule is O=C(O)N1CCN(Cc2ccc(CCOc3ccc(Br)nc3)cc2)CC1. The molecule has 1 aliphatic rings. The Balaban J connectivity index is 1.42. The van der Waals surface area contributed by atoms with Crippen LogP contribution >= 0.6 is 15.9 Å². The molecule has 1 N–H and O–H groups in total. The number of rotatable bonds is 6. The maximum atomic E-state index is 10.9. The molecule has 0 bridgehead atoms. The third-order valence-corrected chi connectivity index (χ3v) is 4.90. The van der Waals surface area contributed by atoms with Crippen LogP contribution in [0.5, 0.6) is 5.75 Å². The Bertz CT molecular complexity index is 714. The lowest BCUT2D eigenvalue weighted by Crippen LogP contribution is -2.47. The van der Waals surface area contributed by atoms with Crippen molar-refractivity contribution in [1.82, 2.24) is 14.8 Å². The van der Waals surface area contributed by atoms with Crippen LogP contribution in [0.3, 0.4) is 0 Å². The molecule has 1 fully saturated rings. The largest absolute Gasteiger partial charge is 0.492 e. The van der Waals surface area contributed by atoms with E-state index in [-0.39, 0.29) is 0 Å². The van der Waals surface area contributed by atoms with E-state index in [4.69, 9.17) is 9.84 Å². The summed E-state index contributed by atoms with van der Waals surface area (Å²) in [7, 11) is 0. The lowest BCUT2D eigenvalue weighted by atomic mass is 10.1. The lowest BCUT2D eigenvalue weighted by molar-refractivity contribution is 0.103. The average molecular weight is 420 g/mol. The fraction of sp³-hybridized carbons (Fsp3) is 0.368. The van der Waals surface area contributed by atoms with E-state index in [1.807, 2.05) is 12.1 Å². The number of ether oxygens (including phenoxy) is 1. The molecule has 6 nitrogen and oxygen atoms in total. The summed E-state index contributed by atoms with van der Waals surface area (Å²) in [6, 6.07) is 12.3. The fourth-order valence-corrected chi connectivity index (χ4v) is 3.14. The van der Waals surface area contributed by atoms with Crippen LogP contribution in [0.1, 0.15) is 11.1 Å². The van der Waals surface area contributed by atoms with Crippen LogP contribution in [-0.2, 0) is 13.0 Å². The highest BCUT2D eigenvalue weighted by atomic mass is 79.9. The van der Waals surface area contributed by atoms with Crippen LogP contribution < -0.4 is 4.74 Å². The van der Waals surface area contributed by atoms with Gasteiger partial charge in [0.15, 0.2) is 0 Å². The monoisotopic (exact) mass is 419 g/mol. The molecule has 2 aromatic rings. The number of nitrogens with zero attached hydrogens (tertiary/aromatic N) is 3. The molecule has 0 spiro atoms. The highest BCUT2D eigenvalue weighted by Gasteiger charge is 2.20. The summed E-state index contributed by atoms with van der Waals surface area (Å²) in [5.41, 5.74) is 2.48. The molecule has 138 valence electrons. The molecule has 0 radical (unpaired) electrons. The lowest BCUT2D eigenvalue weighted by Gasteiger charge is -2.33. The summed E-state index contributed by atoms with van der Waals surface area (Å²) in [6.07, 6.45) is 1.72. The van der Waals surface area contributed by atoms with E-state index >= 15 is 0 Å². The normalized spacial score (nSPS) is 15.0. The quantitative estimate of drug-likeness (QED) is 0.727. The maximum Gasteiger partial charge on any atom is 0.407 e. The average Bonchev–Trinajstić information content (AvgIpc) is 2.65. The third-order valence-electron chi connectivity index (χ3n) is 4.43. The van der Waals surface area contributed by atoms with E-state index in [1.54, 1.807) is 6.20 Å². The molecule has 2 heterocycles. The molecule has 0 saturated carbocycles. The van der Waals surface area contributed by atoms with Gasteiger partial charge in [0, 0.05) is 39.1 Å². The standard InChI is InChI=1S/C19H22BrN3O3/c20-18-6-5-17(13-21-18)26-12-7-15-1-3-16(4-2-15)14-22-8-10-23(11-9-22)19(24)25/h1-6,13H,7-12,14H2,(H,24,25). The van der Waals surface area contributed by atoms with Gasteiger partial charge in [-0.2, -0.15) is 0 Å². The third kappa shape index (κ3) is 5.44. The van der Waals surface area contributed by atoms with Crippen LogP contribution in [0.15, 0.2) is 47.2 Å². The van der Waals surface area contributed by atoms with Crippen LogP contribution in [0, 0.1) is 0 Å². The van der Waals surface area contributed by atoms with Gasteiger partial charge in [0.25, 0.3) is 0 Å². The van der Waals surface area contributed by atoms with Gasteiger partial charge in [0.1, 0.15) is 10.4 Å². The van der Waals surface area contributed by atoms with Gasteiger partial charge in [-0.25, -0.2) is 9.78 Å². The van der Waals surface area contributed by atoms with E-state index in [2.05, 4.69) is 50.1 Å². The number of carboxylic acid groups (broad SMARTS) is 1. The molecule has 7 heteroatoms. The van der Waals surface area contributed by atoms with Crippen LogP contribution in [0.4, 0.5) is 4.79 Å². The smallest absolute Gasteiger partial charge is 0.407 e. The first-order valence-electron chi connectivity index (χ1n) is 8.62. The second-order valence-corrected chi connectivity index (χ2v) is 7.09. The van der Waals surface area contributed by atoms with Crippen LogP contribution in [0.2, 0.25) is 0 Å². The first kappa shape index (κ1) is 18.7. The molecule has 0 aliphatic carbocycles. The Kier molecular flexibility index (Phi) is 6.46. The summed E-state index contributed by atoms with van der Waals surface area (Å²) in [6.45, 7) is 4.19. The zero-order chi connectivity index (χ0) is 18.4. The molecule has 26 heavy (non-hydrogen) atoms. The molecule has 0 atom stereocenters. The molecular formula is C19H22BrN3O3. The second-order valence-electron chi connectivity index (χ2n) is 6.28. The molecule has 1 aliphatic heterocycles. The van der Waals surface area contributed by atoms with Crippen molar-refractivity contribution in [1.29, 1.82) is 0 Å². The van der Waals surface area contributed by atoms with Gasteiger partial charge in [-0.05, 0) is 39.2 Å². The Morgan fingerprint density at radius 3 is 2.38 bits per heavy atom. The number of pyridine rings is 1. The molecule has 3 rings (SSSR count). The van der Waals surface area contributed by atoms with Gasteiger partial charge < -0.3 is 14.7 Å². The Hall–Kier alpha value is -2.12. The maximum absolute atomic E-state index is 10.9. The van der Waals surface area contributed by atoms with Crippen molar-refractivity contribution < 1.29 is 14.6 Å². The predicted octanol–water partition coefficient (Wildman–Crippen LogP) is 3.26. The van der Waals surface area contributed by atoms with Crippen molar-refractivity contribution in [2.45, 2.75) is 13.0 Å². The van der Waals surface area contributed by atoms with Crippen LogP contribution in [-0.4, -0.2) is 58.8 Å². The first-order chi connectivity index (χ1) is 12.6. The molecule has 1 aromatic heterocycles. The van der Waals surface area contributed by atoms with Crippen LogP contribution in [0.25, 0.3) is 0 Å². The predicted molar refractivity (Wildman–Crippen MR) is 102 cm³/mol. The van der Waals surface area contributed by atoms with Gasteiger partial charge in [0.05, 0.1) is 12.8 Å². The number of piperazine rings is 1. The Morgan fingerprint density at radius 2 is 1.77 bits per heavy atom. The van der Waals surface area contributed by atoms with E-state index < -0.39 is 6.09 Å². The van der Waals surface area contributed by atoms with Crippen molar-refractivity contribution in [2.75, 3.05) is 32.8 Å². The Morgan fingerprint density at radius 1 is 1.08 bits per heavy atom. The van der Waals surface area contributed by atoms with Gasteiger partial charge in [-0.1, -0.05) is 24.3 Å². The summed E-state index contributed by atoms with van der Waals surface area (Å²) >= 11 is 3.30. The molecule has 1 saturated heterocycles. The minimum atomic E-state index is -0.824. The van der Waals surface area contributed by atoms with E-state index in [0.29, 0.717) is 19.7 Å². The number of amides is 1. The summed E-state index contributed by atoms with van der Waals surface area (Å²) in [5, 5.41) is 8.99. The zero-order valence-corrected chi connectivity index (χ0v) is 16.1. The van der Waals surface area contributed by atoms with E-state index in [9.17, 15) is 4.79 Å². The molecule has 0 unspecified atom stereocenters. The van der Waals surface area contributed by atoms with Gasteiger partial charge >= 0.3 is 6.09 Å². The van der Waals surface area contributed by atoms with Gasteiger partial charge in [-0.15, -0.1) is 0 Å². The van der Waals surface area contributed by atoms with Crippen molar-refractivity contribution in [3.63, 3.8) is 0 Å². The fourth-order valence-electron chi connectivity index (χ4n) is 2.90. The minimum absolute atomic E-state index is 0.579. The summed E-state index contributed by atoms with van der Waals surface area (Å²) < 4.78 is 6.50. The number of aromatic nitrogens is 1. The number of hydrogen-bond acceptors (Lipinski definition) is 4. The first-order valence-corrected chi connectivity index (χ1v) is 9.42. The molecule has 1 aromatic carbocycles. The number of benzene rings is 1. The van der Waals surface area contributed by atoms with E-state index in [1.165, 1.54) is 16.0 Å². The number of halogens is 1. The van der Waals surface area contributed by atoms with Gasteiger partial charge in [0.2, 0.25) is 0 Å². The van der Waals surface area contributed by atoms with Crippen molar-refractivity contribution in [2.24, 2.45) is 0 Å². The van der Waals surface area contributed by atoms with Crippen molar-refractivity contribution in [3.8, 4) is 5.75 Å².